The van der Waals surface area contributed by atoms with Crippen molar-refractivity contribution in [1.29, 1.82) is 0 Å². The van der Waals surface area contributed by atoms with Crippen molar-refractivity contribution in [3.05, 3.63) is 54.2 Å². The summed E-state index contributed by atoms with van der Waals surface area (Å²) in [5, 5.41) is 3.36. The molecular weight excluding hydrogens is 254 g/mol. The van der Waals surface area contributed by atoms with Crippen LogP contribution in [0.4, 0.5) is 0 Å². The topological polar surface area (TPSA) is 54.7 Å². The van der Waals surface area contributed by atoms with Gasteiger partial charge in [0.05, 0.1) is 5.03 Å². The molecule has 0 aliphatic heterocycles. The third-order valence-corrected chi connectivity index (χ3v) is 3.98. The van der Waals surface area contributed by atoms with Gasteiger partial charge in [0, 0.05) is 17.1 Å². The van der Waals surface area contributed by atoms with E-state index in [9.17, 15) is 0 Å². The number of hydrogen-bond donors (Lipinski definition) is 2. The fourth-order valence-corrected chi connectivity index (χ4v) is 3.04. The first-order valence-electron chi connectivity index (χ1n) is 6.26. The molecule has 0 amide bonds. The van der Waals surface area contributed by atoms with E-state index in [1.165, 1.54) is 10.9 Å². The van der Waals surface area contributed by atoms with Gasteiger partial charge in [-0.15, -0.1) is 0 Å². The third kappa shape index (κ3) is 2.64. The van der Waals surface area contributed by atoms with E-state index in [1.54, 1.807) is 11.8 Å². The largest absolute Gasteiger partial charge is 0.349 e. The molecule has 0 radical (unpaired) electrons. The van der Waals surface area contributed by atoms with Crippen molar-refractivity contribution in [3.63, 3.8) is 0 Å². The zero-order chi connectivity index (χ0) is 13.1. The molecule has 0 unspecified atom stereocenters. The van der Waals surface area contributed by atoms with Crippen molar-refractivity contribution in [2.75, 3.05) is 6.54 Å². The number of rotatable bonds is 4. The lowest BCUT2D eigenvalue weighted by Gasteiger charge is -2.05. The summed E-state index contributed by atoms with van der Waals surface area (Å²) in [7, 11) is 0. The molecule has 19 heavy (non-hydrogen) atoms. The summed E-state index contributed by atoms with van der Waals surface area (Å²) < 4.78 is 0. The van der Waals surface area contributed by atoms with Gasteiger partial charge in [0.1, 0.15) is 5.03 Å². The third-order valence-electron chi connectivity index (χ3n) is 2.98. The summed E-state index contributed by atoms with van der Waals surface area (Å²) in [5.41, 5.74) is 8.00. The molecule has 0 saturated heterocycles. The predicted octanol–water partition coefficient (Wildman–Crippen LogP) is 3.22. The van der Waals surface area contributed by atoms with Crippen LogP contribution in [0.2, 0.25) is 0 Å². The van der Waals surface area contributed by atoms with E-state index < -0.39 is 0 Å². The van der Waals surface area contributed by atoms with Gasteiger partial charge < -0.3 is 10.7 Å². The van der Waals surface area contributed by atoms with Gasteiger partial charge in [0.15, 0.2) is 0 Å². The van der Waals surface area contributed by atoms with E-state index in [0.29, 0.717) is 6.54 Å². The summed E-state index contributed by atoms with van der Waals surface area (Å²) in [6.07, 6.45) is 2.68. The Kier molecular flexibility index (Phi) is 3.53. The van der Waals surface area contributed by atoms with E-state index in [4.69, 9.17) is 5.73 Å². The van der Waals surface area contributed by atoms with Crippen LogP contribution in [-0.2, 0) is 6.42 Å². The molecule has 0 aliphatic carbocycles. The van der Waals surface area contributed by atoms with Crippen LogP contribution < -0.4 is 5.73 Å². The quantitative estimate of drug-likeness (QED) is 0.764. The summed E-state index contributed by atoms with van der Waals surface area (Å²) in [5.74, 6) is 0. The molecule has 4 heteroatoms. The van der Waals surface area contributed by atoms with Crippen molar-refractivity contribution < 1.29 is 0 Å². The summed E-state index contributed by atoms with van der Waals surface area (Å²) in [6, 6.07) is 14.5. The Morgan fingerprint density at radius 1 is 1.16 bits per heavy atom. The maximum atomic E-state index is 5.64. The summed E-state index contributed by atoms with van der Waals surface area (Å²) in [6.45, 7) is 0.645. The second kappa shape index (κ2) is 5.47. The van der Waals surface area contributed by atoms with Crippen molar-refractivity contribution in [2.24, 2.45) is 5.73 Å². The molecule has 3 rings (SSSR count). The second-order valence-electron chi connectivity index (χ2n) is 4.33. The molecule has 2 heterocycles. The van der Waals surface area contributed by atoms with Gasteiger partial charge in [-0.05, 0) is 36.7 Å². The number of pyridine rings is 1. The zero-order valence-corrected chi connectivity index (χ0v) is 11.3. The first-order chi connectivity index (χ1) is 9.36. The number of nitrogens with zero attached hydrogens (tertiary/aromatic N) is 1. The van der Waals surface area contributed by atoms with Gasteiger partial charge in [-0.25, -0.2) is 4.98 Å². The first-order valence-corrected chi connectivity index (χ1v) is 7.08. The Morgan fingerprint density at radius 3 is 2.89 bits per heavy atom. The molecule has 3 aromatic rings. The predicted molar refractivity (Wildman–Crippen MR) is 79.4 cm³/mol. The van der Waals surface area contributed by atoms with Gasteiger partial charge in [-0.1, -0.05) is 36.0 Å². The van der Waals surface area contributed by atoms with Gasteiger partial charge >= 0.3 is 0 Å². The average molecular weight is 269 g/mol. The fraction of sp³-hybridized carbons (Fsp3) is 0.133. The molecule has 2 aromatic heterocycles. The molecule has 0 aliphatic rings. The lowest BCUT2D eigenvalue weighted by Crippen LogP contribution is -2.04. The fourth-order valence-electron chi connectivity index (χ4n) is 2.07. The van der Waals surface area contributed by atoms with Gasteiger partial charge in [-0.2, -0.15) is 0 Å². The van der Waals surface area contributed by atoms with Gasteiger partial charge in [0.25, 0.3) is 0 Å². The number of fused-ring (bicyclic) bond motifs is 1. The molecule has 0 bridgehead atoms. The first kappa shape index (κ1) is 12.3. The number of aromatic nitrogens is 2. The summed E-state index contributed by atoms with van der Waals surface area (Å²) in [4.78, 5) is 7.86. The van der Waals surface area contributed by atoms with Crippen LogP contribution in [0.3, 0.4) is 0 Å². The van der Waals surface area contributed by atoms with Crippen LogP contribution in [0.25, 0.3) is 10.9 Å². The van der Waals surface area contributed by atoms with Crippen molar-refractivity contribution in [2.45, 2.75) is 16.5 Å². The Bertz CT molecular complexity index is 657. The SMILES string of the molecule is NCCc1cccnc1Sc1cc2ccccc2[nH]1. The van der Waals surface area contributed by atoms with E-state index in [0.717, 1.165) is 22.0 Å². The maximum Gasteiger partial charge on any atom is 0.105 e. The lowest BCUT2D eigenvalue weighted by molar-refractivity contribution is 0.910. The molecule has 1 aromatic carbocycles. The van der Waals surface area contributed by atoms with E-state index in [1.807, 2.05) is 24.4 Å². The van der Waals surface area contributed by atoms with Crippen LogP contribution >= 0.6 is 11.8 Å². The minimum absolute atomic E-state index is 0.645. The Balaban J connectivity index is 1.92. The number of aromatic amines is 1. The number of H-pyrrole nitrogens is 1. The second-order valence-corrected chi connectivity index (χ2v) is 5.36. The number of nitrogens with one attached hydrogen (secondary N) is 1. The molecule has 0 fully saturated rings. The molecule has 0 spiro atoms. The van der Waals surface area contributed by atoms with Crippen molar-refractivity contribution in [1.82, 2.24) is 9.97 Å². The number of nitrogens with two attached hydrogens (primary N) is 1. The van der Waals surface area contributed by atoms with Crippen LogP contribution in [0.15, 0.2) is 58.7 Å². The maximum absolute atomic E-state index is 5.64. The van der Waals surface area contributed by atoms with Crippen LogP contribution in [0.5, 0.6) is 0 Å². The van der Waals surface area contributed by atoms with Crippen molar-refractivity contribution in [3.8, 4) is 0 Å². The Labute approximate surface area is 116 Å². The highest BCUT2D eigenvalue weighted by Crippen LogP contribution is 2.30. The Hall–Kier alpha value is -1.78. The minimum atomic E-state index is 0.645. The minimum Gasteiger partial charge on any atom is -0.349 e. The molecular formula is C15H15N3S. The van der Waals surface area contributed by atoms with Gasteiger partial charge in [0.2, 0.25) is 0 Å². The average Bonchev–Trinajstić information content (AvgIpc) is 2.83. The standard InChI is InChI=1S/C15H15N3S/c16-8-7-11-5-3-9-17-15(11)19-14-10-12-4-1-2-6-13(12)18-14/h1-6,9-10,18H,7-8,16H2. The molecule has 3 nitrogen and oxygen atoms in total. The molecule has 0 saturated carbocycles. The van der Waals surface area contributed by atoms with E-state index in [-0.39, 0.29) is 0 Å². The highest BCUT2D eigenvalue weighted by molar-refractivity contribution is 7.99. The molecule has 3 N–H and O–H groups in total. The monoisotopic (exact) mass is 269 g/mol. The Morgan fingerprint density at radius 2 is 2.05 bits per heavy atom. The van der Waals surface area contributed by atoms with Crippen LogP contribution in [0.1, 0.15) is 5.56 Å². The molecule has 96 valence electrons. The number of hydrogen-bond acceptors (Lipinski definition) is 3. The summed E-state index contributed by atoms with van der Waals surface area (Å²) >= 11 is 1.66. The normalized spacial score (nSPS) is 11.0. The highest BCUT2D eigenvalue weighted by Gasteiger charge is 2.07. The van der Waals surface area contributed by atoms with E-state index in [2.05, 4.69) is 34.2 Å². The lowest BCUT2D eigenvalue weighted by atomic mass is 10.2. The highest BCUT2D eigenvalue weighted by atomic mass is 32.2. The number of para-hydroxylation sites is 1. The van der Waals surface area contributed by atoms with E-state index >= 15 is 0 Å². The van der Waals surface area contributed by atoms with Crippen molar-refractivity contribution >= 4 is 22.7 Å². The van der Waals surface area contributed by atoms with Crippen LogP contribution in [-0.4, -0.2) is 16.5 Å². The number of benzene rings is 1. The zero-order valence-electron chi connectivity index (χ0n) is 10.5. The molecule has 0 atom stereocenters. The van der Waals surface area contributed by atoms with Crippen LogP contribution in [0, 0.1) is 0 Å². The smallest absolute Gasteiger partial charge is 0.105 e. The van der Waals surface area contributed by atoms with Gasteiger partial charge in [-0.3, -0.25) is 0 Å².